The average molecular weight is 260 g/mol. The van der Waals surface area contributed by atoms with Crippen LogP contribution in [-0.4, -0.2) is 22.6 Å². The monoisotopic (exact) mass is 260 g/mol. The standard InChI is InChI=1S/C15H20N2O2/c1-8(2)10-5-12-9(3)14(19)11(10)6-15(12,4)13(18)7-17-16/h7,9-12H,1,5-6H2,2-4H3/t9-,10-,11-,12+,15+/m0/s1. The van der Waals surface area contributed by atoms with Gasteiger partial charge in [-0.15, -0.1) is 0 Å². The number of hydrogen-bond acceptors (Lipinski definition) is 2. The van der Waals surface area contributed by atoms with Crippen molar-refractivity contribution in [2.45, 2.75) is 33.6 Å². The van der Waals surface area contributed by atoms with Crippen LogP contribution < -0.4 is 0 Å². The Morgan fingerprint density at radius 3 is 2.74 bits per heavy atom. The molecule has 0 radical (unpaired) electrons. The summed E-state index contributed by atoms with van der Waals surface area (Å²) in [5, 5.41) is 0. The zero-order chi connectivity index (χ0) is 14.4. The molecule has 0 heterocycles. The van der Waals surface area contributed by atoms with E-state index in [1.807, 2.05) is 20.8 Å². The van der Waals surface area contributed by atoms with Gasteiger partial charge in [0.2, 0.25) is 5.78 Å². The van der Waals surface area contributed by atoms with E-state index in [1.165, 1.54) is 0 Å². The minimum Gasteiger partial charge on any atom is -0.361 e. The van der Waals surface area contributed by atoms with Gasteiger partial charge in [-0.3, -0.25) is 9.59 Å². The summed E-state index contributed by atoms with van der Waals surface area (Å²) in [7, 11) is 0. The Hall–Kier alpha value is -1.54. The first-order chi connectivity index (χ1) is 8.82. The summed E-state index contributed by atoms with van der Waals surface area (Å²) in [6, 6.07) is 0. The van der Waals surface area contributed by atoms with Gasteiger partial charge in [-0.05, 0) is 31.6 Å². The molecule has 0 aromatic heterocycles. The lowest BCUT2D eigenvalue weighted by molar-refractivity contribution is -0.154. The molecule has 0 unspecified atom stereocenters. The largest absolute Gasteiger partial charge is 0.361 e. The number of nitrogens with zero attached hydrogens (tertiary/aromatic N) is 2. The number of hydrogen-bond donors (Lipinski definition) is 0. The number of allylic oxidation sites excluding steroid dienone is 1. The molecule has 3 fully saturated rings. The SMILES string of the molecule is C=C(C)[C@@H]1C[C@@H]2[C@H](C)C(=O)[C@H]1C[C@@]2(C)C(=O)C=[N+]=[N-]. The van der Waals surface area contributed by atoms with E-state index in [-0.39, 0.29) is 35.2 Å². The maximum absolute atomic E-state index is 12.3. The zero-order valence-electron chi connectivity index (χ0n) is 11.7. The van der Waals surface area contributed by atoms with Gasteiger partial charge >= 0.3 is 6.21 Å². The third-order valence-electron chi connectivity index (χ3n) is 5.24. The highest BCUT2D eigenvalue weighted by Crippen LogP contribution is 2.57. The second-order valence-electron chi connectivity index (χ2n) is 6.32. The van der Waals surface area contributed by atoms with Gasteiger partial charge in [0.25, 0.3) is 0 Å². The lowest BCUT2D eigenvalue weighted by Gasteiger charge is -2.54. The summed E-state index contributed by atoms with van der Waals surface area (Å²) in [5.41, 5.74) is 9.02. The number of carbonyl (C=O) groups excluding carboxylic acids is 2. The molecule has 3 aliphatic carbocycles. The normalized spacial score (nSPS) is 40.7. The first-order valence-corrected chi connectivity index (χ1v) is 6.74. The smallest absolute Gasteiger partial charge is 0.323 e. The summed E-state index contributed by atoms with van der Waals surface area (Å²) in [6.45, 7) is 9.75. The van der Waals surface area contributed by atoms with E-state index < -0.39 is 5.41 Å². The Kier molecular flexibility index (Phi) is 3.31. The van der Waals surface area contributed by atoms with Gasteiger partial charge in [0.15, 0.2) is 0 Å². The Morgan fingerprint density at radius 2 is 2.21 bits per heavy atom. The summed E-state index contributed by atoms with van der Waals surface area (Å²) in [4.78, 5) is 27.4. The zero-order valence-corrected chi connectivity index (χ0v) is 11.7. The van der Waals surface area contributed by atoms with Crippen molar-refractivity contribution in [1.29, 1.82) is 0 Å². The van der Waals surface area contributed by atoms with E-state index in [9.17, 15) is 9.59 Å². The van der Waals surface area contributed by atoms with Gasteiger partial charge in [0, 0.05) is 17.3 Å². The van der Waals surface area contributed by atoms with Crippen LogP contribution in [-0.2, 0) is 9.59 Å². The molecule has 5 atom stereocenters. The lowest BCUT2D eigenvalue weighted by atomic mass is 9.47. The van der Waals surface area contributed by atoms with Gasteiger partial charge in [-0.25, -0.2) is 0 Å². The Balaban J connectivity index is 2.40. The molecule has 3 saturated carbocycles. The van der Waals surface area contributed by atoms with E-state index in [2.05, 4.69) is 11.4 Å². The van der Waals surface area contributed by atoms with Crippen LogP contribution in [0.5, 0.6) is 0 Å². The predicted molar refractivity (Wildman–Crippen MR) is 71.5 cm³/mol. The Bertz CT molecular complexity index is 504. The van der Waals surface area contributed by atoms with Crippen LogP contribution in [0.2, 0.25) is 0 Å². The lowest BCUT2D eigenvalue weighted by Crippen LogP contribution is -2.57. The number of ketones is 2. The van der Waals surface area contributed by atoms with Crippen molar-refractivity contribution in [3.63, 3.8) is 0 Å². The van der Waals surface area contributed by atoms with Gasteiger partial charge in [-0.1, -0.05) is 26.0 Å². The van der Waals surface area contributed by atoms with Crippen LogP contribution in [0.3, 0.4) is 0 Å². The second kappa shape index (κ2) is 4.53. The van der Waals surface area contributed by atoms with E-state index in [0.717, 1.165) is 18.2 Å². The van der Waals surface area contributed by atoms with Crippen molar-refractivity contribution >= 4 is 17.8 Å². The van der Waals surface area contributed by atoms with Crippen LogP contribution in [0, 0.1) is 29.1 Å². The highest BCUT2D eigenvalue weighted by Gasteiger charge is 2.59. The first kappa shape index (κ1) is 13.9. The van der Waals surface area contributed by atoms with Crippen LogP contribution in [0.1, 0.15) is 33.6 Å². The number of Topliss-reactive ketones (excluding diaryl/α,β-unsaturated/α-hetero) is 2. The van der Waals surface area contributed by atoms with Crippen molar-refractivity contribution in [1.82, 2.24) is 0 Å². The first-order valence-electron chi connectivity index (χ1n) is 6.74. The third kappa shape index (κ3) is 1.91. The summed E-state index contributed by atoms with van der Waals surface area (Å²) in [5.74, 6) is 0.0757. The highest BCUT2D eigenvalue weighted by atomic mass is 16.1. The molecule has 0 amide bonds. The van der Waals surface area contributed by atoms with Crippen molar-refractivity contribution < 1.29 is 14.4 Å². The summed E-state index contributed by atoms with van der Waals surface area (Å²) in [6.07, 6.45) is 2.35. The fraction of sp³-hybridized carbons (Fsp3) is 0.667. The molecule has 0 saturated heterocycles. The molecule has 2 bridgehead atoms. The van der Waals surface area contributed by atoms with Gasteiger partial charge in [0.1, 0.15) is 5.78 Å². The molecule has 19 heavy (non-hydrogen) atoms. The molecular formula is C15H20N2O2. The quantitative estimate of drug-likeness (QED) is 0.338. The topological polar surface area (TPSA) is 70.5 Å². The van der Waals surface area contributed by atoms with Crippen LogP contribution >= 0.6 is 0 Å². The molecule has 0 aromatic carbocycles. The van der Waals surface area contributed by atoms with E-state index in [1.54, 1.807) is 0 Å². The fourth-order valence-corrected chi connectivity index (χ4v) is 4.07. The van der Waals surface area contributed by atoms with E-state index in [0.29, 0.717) is 6.42 Å². The van der Waals surface area contributed by atoms with Crippen molar-refractivity contribution in [2.24, 2.45) is 29.1 Å². The Labute approximate surface area is 113 Å². The number of fused-ring (bicyclic) bond motifs is 3. The van der Waals surface area contributed by atoms with Crippen LogP contribution in [0.25, 0.3) is 5.53 Å². The maximum atomic E-state index is 12.3. The number of rotatable bonds is 3. The second-order valence-corrected chi connectivity index (χ2v) is 6.32. The van der Waals surface area contributed by atoms with E-state index in [4.69, 9.17) is 5.53 Å². The Morgan fingerprint density at radius 1 is 1.58 bits per heavy atom. The highest BCUT2D eigenvalue weighted by molar-refractivity contribution is 6.28. The van der Waals surface area contributed by atoms with Crippen molar-refractivity contribution in [2.75, 3.05) is 0 Å². The minimum atomic E-state index is -0.587. The summed E-state index contributed by atoms with van der Waals surface area (Å²) >= 11 is 0. The van der Waals surface area contributed by atoms with Crippen LogP contribution in [0.15, 0.2) is 12.2 Å². The predicted octanol–water partition coefficient (Wildman–Crippen LogP) is 2.30. The van der Waals surface area contributed by atoms with Crippen LogP contribution in [0.4, 0.5) is 0 Å². The van der Waals surface area contributed by atoms with Crippen molar-refractivity contribution in [3.05, 3.63) is 17.7 Å². The molecular weight excluding hydrogens is 240 g/mol. The third-order valence-corrected chi connectivity index (χ3v) is 5.24. The average Bonchev–Trinajstić information content (AvgIpc) is 2.35. The minimum absolute atomic E-state index is 0.0113. The maximum Gasteiger partial charge on any atom is 0.323 e. The van der Waals surface area contributed by atoms with Gasteiger partial charge in [0.05, 0.1) is 0 Å². The molecule has 0 aromatic rings. The summed E-state index contributed by atoms with van der Waals surface area (Å²) < 4.78 is 0. The molecule has 3 aliphatic rings. The molecule has 4 nitrogen and oxygen atoms in total. The molecule has 4 heteroatoms. The molecule has 0 aliphatic heterocycles. The van der Waals surface area contributed by atoms with Gasteiger partial charge in [-0.2, -0.15) is 4.79 Å². The molecule has 102 valence electrons. The van der Waals surface area contributed by atoms with E-state index >= 15 is 0 Å². The fourth-order valence-electron chi connectivity index (χ4n) is 4.07. The molecule has 0 N–H and O–H groups in total. The van der Waals surface area contributed by atoms with Gasteiger partial charge < -0.3 is 5.53 Å². The molecule has 0 spiro atoms. The molecule has 3 rings (SSSR count). The number of carbonyl (C=O) groups is 2. The van der Waals surface area contributed by atoms with Crippen molar-refractivity contribution in [3.8, 4) is 0 Å².